The van der Waals surface area contributed by atoms with E-state index in [1.807, 2.05) is 42.5 Å². The van der Waals surface area contributed by atoms with Gasteiger partial charge in [-0.25, -0.2) is 0 Å². The number of imide groups is 1. The molecule has 1 aliphatic carbocycles. The number of ether oxygens (including phenoxy) is 1. The molecule has 1 unspecified atom stereocenters. The summed E-state index contributed by atoms with van der Waals surface area (Å²) >= 11 is 0. The molecule has 1 atom stereocenters. The summed E-state index contributed by atoms with van der Waals surface area (Å²) in [7, 11) is 1.62. The second-order valence-electron chi connectivity index (χ2n) is 10.9. The van der Waals surface area contributed by atoms with Gasteiger partial charge in [0.05, 0.1) is 30.0 Å². The average Bonchev–Trinajstić information content (AvgIpc) is 3.25. The smallest absolute Gasteiger partial charge is 0.263 e. The highest BCUT2D eigenvalue weighted by Gasteiger charge is 2.39. The molecule has 3 aromatic rings. The maximum atomic E-state index is 13.5. The molecule has 3 aliphatic rings. The van der Waals surface area contributed by atoms with Crippen LogP contribution in [-0.2, 0) is 17.6 Å². The van der Waals surface area contributed by atoms with E-state index < -0.39 is 0 Å². The van der Waals surface area contributed by atoms with Gasteiger partial charge in [-0.05, 0) is 73.4 Å². The highest BCUT2D eigenvalue weighted by molar-refractivity contribution is 6.23. The van der Waals surface area contributed by atoms with Gasteiger partial charge in [0.25, 0.3) is 11.8 Å². The third-order valence-electron chi connectivity index (χ3n) is 8.67. The Labute approximate surface area is 235 Å². The first-order chi connectivity index (χ1) is 19.5. The summed E-state index contributed by atoms with van der Waals surface area (Å²) in [5, 5.41) is 3.32. The summed E-state index contributed by atoms with van der Waals surface area (Å²) in [4.78, 5) is 43.5. The van der Waals surface area contributed by atoms with Gasteiger partial charge in [0, 0.05) is 25.6 Å². The van der Waals surface area contributed by atoms with Crippen LogP contribution in [0.2, 0.25) is 0 Å². The molecule has 206 valence electrons. The number of methoxy groups -OCH3 is 1. The Morgan fingerprint density at radius 1 is 0.925 bits per heavy atom. The molecule has 2 aliphatic heterocycles. The van der Waals surface area contributed by atoms with Crippen LogP contribution in [0.4, 0.5) is 5.69 Å². The third kappa shape index (κ3) is 4.85. The number of carbonyl (C=O) groups excluding carboxylic acids is 3. The molecule has 40 heavy (non-hydrogen) atoms. The molecular formula is C33H35N3O4. The second kappa shape index (κ2) is 11.2. The van der Waals surface area contributed by atoms with E-state index in [4.69, 9.17) is 4.74 Å². The lowest BCUT2D eigenvalue weighted by Crippen LogP contribution is -2.42. The molecule has 0 radical (unpaired) electrons. The third-order valence-corrected chi connectivity index (χ3v) is 8.67. The summed E-state index contributed by atoms with van der Waals surface area (Å²) < 4.78 is 5.43. The van der Waals surface area contributed by atoms with Crippen molar-refractivity contribution in [3.8, 4) is 5.75 Å². The molecule has 1 fully saturated rings. The Morgan fingerprint density at radius 2 is 1.70 bits per heavy atom. The van der Waals surface area contributed by atoms with Crippen molar-refractivity contribution in [1.82, 2.24) is 10.2 Å². The Bertz CT molecular complexity index is 1440. The summed E-state index contributed by atoms with van der Waals surface area (Å²) in [5.74, 6) is 0.310. The van der Waals surface area contributed by atoms with E-state index >= 15 is 0 Å². The first-order valence-electron chi connectivity index (χ1n) is 14.3. The zero-order chi connectivity index (χ0) is 27.6. The fourth-order valence-corrected chi connectivity index (χ4v) is 6.50. The zero-order valence-electron chi connectivity index (χ0n) is 22.9. The second-order valence-corrected chi connectivity index (χ2v) is 10.9. The molecule has 0 spiro atoms. The van der Waals surface area contributed by atoms with Crippen molar-refractivity contribution in [2.75, 3.05) is 31.6 Å². The van der Waals surface area contributed by atoms with Crippen molar-refractivity contribution in [2.24, 2.45) is 5.92 Å². The lowest BCUT2D eigenvalue weighted by molar-refractivity contribution is -0.126. The molecule has 3 aromatic carbocycles. The van der Waals surface area contributed by atoms with Crippen molar-refractivity contribution >= 4 is 23.4 Å². The number of fused-ring (bicyclic) bond motifs is 2. The van der Waals surface area contributed by atoms with Gasteiger partial charge in [0.2, 0.25) is 5.91 Å². The number of rotatable bonds is 7. The van der Waals surface area contributed by atoms with Gasteiger partial charge < -0.3 is 15.0 Å². The van der Waals surface area contributed by atoms with Crippen LogP contribution in [0.3, 0.4) is 0 Å². The van der Waals surface area contributed by atoms with Gasteiger partial charge in [-0.1, -0.05) is 48.5 Å². The fourth-order valence-electron chi connectivity index (χ4n) is 6.50. The van der Waals surface area contributed by atoms with Crippen LogP contribution in [-0.4, -0.2) is 49.4 Å². The minimum atomic E-state index is -0.251. The van der Waals surface area contributed by atoms with Crippen LogP contribution in [0, 0.1) is 5.92 Å². The molecule has 7 nitrogen and oxygen atoms in total. The number of para-hydroxylation sites is 1. The number of nitrogens with one attached hydrogen (secondary N) is 1. The van der Waals surface area contributed by atoms with Gasteiger partial charge >= 0.3 is 0 Å². The summed E-state index contributed by atoms with van der Waals surface area (Å²) in [6, 6.07) is 21.7. The van der Waals surface area contributed by atoms with E-state index in [2.05, 4.69) is 28.4 Å². The molecule has 3 amide bonds. The number of nitrogens with zero attached hydrogens (tertiary/aromatic N) is 2. The largest absolute Gasteiger partial charge is 0.496 e. The summed E-state index contributed by atoms with van der Waals surface area (Å²) in [5.41, 5.74) is 5.27. The van der Waals surface area contributed by atoms with Gasteiger partial charge in [-0.3, -0.25) is 19.3 Å². The minimum absolute atomic E-state index is 0.0585. The molecular weight excluding hydrogens is 502 g/mol. The first-order valence-corrected chi connectivity index (χ1v) is 14.3. The highest BCUT2D eigenvalue weighted by atomic mass is 16.5. The number of anilines is 1. The number of benzene rings is 3. The van der Waals surface area contributed by atoms with E-state index in [9.17, 15) is 14.4 Å². The van der Waals surface area contributed by atoms with Crippen LogP contribution < -0.4 is 15.0 Å². The summed E-state index contributed by atoms with van der Waals surface area (Å²) in [6.45, 7) is 1.62. The number of carbonyl (C=O) groups is 3. The number of amides is 3. The fraction of sp³-hybridized carbons (Fsp3) is 0.364. The van der Waals surface area contributed by atoms with Crippen molar-refractivity contribution in [2.45, 2.75) is 44.6 Å². The minimum Gasteiger partial charge on any atom is -0.496 e. The van der Waals surface area contributed by atoms with E-state index in [0.29, 0.717) is 50.0 Å². The maximum absolute atomic E-state index is 13.5. The van der Waals surface area contributed by atoms with E-state index in [0.717, 1.165) is 36.3 Å². The molecule has 2 heterocycles. The van der Waals surface area contributed by atoms with Crippen LogP contribution in [0.25, 0.3) is 0 Å². The average molecular weight is 538 g/mol. The monoisotopic (exact) mass is 537 g/mol. The quantitative estimate of drug-likeness (QED) is 0.432. The predicted molar refractivity (Wildman–Crippen MR) is 154 cm³/mol. The lowest BCUT2D eigenvalue weighted by Gasteiger charge is -2.35. The van der Waals surface area contributed by atoms with E-state index in [-0.39, 0.29) is 29.7 Å². The maximum Gasteiger partial charge on any atom is 0.263 e. The van der Waals surface area contributed by atoms with Crippen molar-refractivity contribution in [3.05, 3.63) is 94.5 Å². The summed E-state index contributed by atoms with van der Waals surface area (Å²) in [6.07, 6.45) is 5.08. The van der Waals surface area contributed by atoms with Gasteiger partial charge in [-0.15, -0.1) is 0 Å². The van der Waals surface area contributed by atoms with Gasteiger partial charge in [-0.2, -0.15) is 0 Å². The first kappa shape index (κ1) is 26.1. The molecule has 0 saturated carbocycles. The van der Waals surface area contributed by atoms with Crippen molar-refractivity contribution in [1.29, 1.82) is 0 Å². The molecule has 7 heteroatoms. The van der Waals surface area contributed by atoms with Gasteiger partial charge in [0.1, 0.15) is 5.75 Å². The van der Waals surface area contributed by atoms with Crippen LogP contribution in [0.1, 0.15) is 69.1 Å². The molecule has 1 N–H and O–H groups in total. The number of aryl methyl sites for hydroxylation is 1. The normalized spacial score (nSPS) is 18.9. The Hall–Kier alpha value is -4.13. The Morgan fingerprint density at radius 3 is 2.52 bits per heavy atom. The van der Waals surface area contributed by atoms with Crippen LogP contribution >= 0.6 is 0 Å². The van der Waals surface area contributed by atoms with E-state index in [1.54, 1.807) is 13.2 Å². The topological polar surface area (TPSA) is 79.0 Å². The highest BCUT2D eigenvalue weighted by Crippen LogP contribution is 2.35. The van der Waals surface area contributed by atoms with Crippen molar-refractivity contribution < 1.29 is 19.1 Å². The Balaban J connectivity index is 1.11. The number of hydrogen-bond donors (Lipinski definition) is 1. The molecule has 1 saturated heterocycles. The van der Waals surface area contributed by atoms with Crippen LogP contribution in [0.5, 0.6) is 5.75 Å². The number of hydrogen-bond acceptors (Lipinski definition) is 5. The van der Waals surface area contributed by atoms with Crippen molar-refractivity contribution in [3.63, 3.8) is 0 Å². The standard InChI is InChI=1S/C33H35N3O4/c1-40-29-15-5-3-9-23(29)18-21-36-32(38)26-12-7-14-28(30(26)33(36)39)35-19-16-24(17-20-35)31(37)34-27-13-6-10-22-8-2-4-11-25(22)27/h2-5,7-9,11-12,14-15,24,27H,6,10,13,16-21H2,1H3,(H,34,37). The molecule has 0 aromatic heterocycles. The van der Waals surface area contributed by atoms with Crippen LogP contribution in [0.15, 0.2) is 66.7 Å². The molecule has 6 rings (SSSR count). The van der Waals surface area contributed by atoms with Gasteiger partial charge in [0.15, 0.2) is 0 Å². The molecule has 0 bridgehead atoms. The zero-order valence-corrected chi connectivity index (χ0v) is 22.9. The number of piperidine rings is 1. The lowest BCUT2D eigenvalue weighted by atomic mass is 9.87. The Kier molecular flexibility index (Phi) is 7.29. The SMILES string of the molecule is COc1ccccc1CCN1C(=O)c2cccc(N3CCC(C(=O)NC4CCCc5ccccc54)CC3)c2C1=O. The van der Waals surface area contributed by atoms with E-state index in [1.165, 1.54) is 16.0 Å². The predicted octanol–water partition coefficient (Wildman–Crippen LogP) is 4.94.